The molecular weight excluding hydrogens is 423 g/mol. The Kier molecular flexibility index (Phi) is 8.86. The molecule has 1 aliphatic rings. The van der Waals surface area contributed by atoms with E-state index >= 15 is 0 Å². The van der Waals surface area contributed by atoms with Crippen molar-refractivity contribution in [2.24, 2.45) is 11.1 Å². The van der Waals surface area contributed by atoms with Crippen LogP contribution in [-0.2, 0) is 14.9 Å². The van der Waals surface area contributed by atoms with Gasteiger partial charge in [-0.25, -0.2) is 4.79 Å². The van der Waals surface area contributed by atoms with Crippen LogP contribution in [0.1, 0.15) is 71.3 Å². The third-order valence-electron chi connectivity index (χ3n) is 5.95. The van der Waals surface area contributed by atoms with Crippen LogP contribution in [0.25, 0.3) is 0 Å². The Morgan fingerprint density at radius 1 is 1.27 bits per heavy atom. The molecule has 0 radical (unpaired) electrons. The van der Waals surface area contributed by atoms with Gasteiger partial charge in [-0.05, 0) is 61.6 Å². The largest absolute Gasteiger partial charge is 0.445 e. The molecule has 30 heavy (non-hydrogen) atoms. The van der Waals surface area contributed by atoms with Crippen molar-refractivity contribution in [2.45, 2.75) is 83.3 Å². The van der Waals surface area contributed by atoms with Crippen molar-refractivity contribution in [3.63, 3.8) is 0 Å². The number of halogens is 2. The SMILES string of the molecule is CC(C)(C)C(OC(N)=O)C1(c2cccc(Cl)c2)CCC(NC(=O)CCCCCl)CC1. The van der Waals surface area contributed by atoms with Crippen molar-refractivity contribution < 1.29 is 14.3 Å². The molecule has 0 aliphatic heterocycles. The lowest BCUT2D eigenvalue weighted by Gasteiger charge is -2.49. The number of rotatable bonds is 8. The van der Waals surface area contributed by atoms with E-state index in [4.69, 9.17) is 33.7 Å². The van der Waals surface area contributed by atoms with E-state index in [-0.39, 0.29) is 17.4 Å². The van der Waals surface area contributed by atoms with Crippen LogP contribution < -0.4 is 11.1 Å². The average molecular weight is 457 g/mol. The minimum absolute atomic E-state index is 0.0705. The van der Waals surface area contributed by atoms with Crippen molar-refractivity contribution >= 4 is 35.2 Å². The van der Waals surface area contributed by atoms with Gasteiger partial charge >= 0.3 is 6.09 Å². The number of primary amides is 1. The second kappa shape index (κ2) is 10.7. The van der Waals surface area contributed by atoms with Crippen molar-refractivity contribution in [3.8, 4) is 0 Å². The number of benzene rings is 1. The number of alkyl halides is 1. The van der Waals surface area contributed by atoms with Gasteiger partial charge in [-0.1, -0.05) is 44.5 Å². The topological polar surface area (TPSA) is 81.4 Å². The molecule has 2 rings (SSSR count). The number of carbonyl (C=O) groups excluding carboxylic acids is 2. The van der Waals surface area contributed by atoms with Gasteiger partial charge in [0.1, 0.15) is 6.10 Å². The number of amides is 2. The van der Waals surface area contributed by atoms with Gasteiger partial charge in [0.15, 0.2) is 0 Å². The molecule has 1 aromatic rings. The van der Waals surface area contributed by atoms with Gasteiger partial charge in [0.2, 0.25) is 5.91 Å². The molecule has 7 heteroatoms. The monoisotopic (exact) mass is 456 g/mol. The fourth-order valence-electron chi connectivity index (χ4n) is 4.69. The summed E-state index contributed by atoms with van der Waals surface area (Å²) in [5.74, 6) is 0.647. The highest BCUT2D eigenvalue weighted by Gasteiger charge is 2.50. The highest BCUT2D eigenvalue weighted by molar-refractivity contribution is 6.30. The van der Waals surface area contributed by atoms with E-state index in [1.54, 1.807) is 0 Å². The summed E-state index contributed by atoms with van der Waals surface area (Å²) in [5.41, 5.74) is 5.76. The Bertz CT molecular complexity index is 725. The summed E-state index contributed by atoms with van der Waals surface area (Å²) in [6, 6.07) is 7.87. The van der Waals surface area contributed by atoms with Crippen molar-refractivity contribution in [2.75, 3.05) is 5.88 Å². The molecule has 0 aromatic heterocycles. The molecule has 2 amide bonds. The first-order chi connectivity index (χ1) is 14.1. The zero-order valence-electron chi connectivity index (χ0n) is 18.2. The maximum absolute atomic E-state index is 12.2. The van der Waals surface area contributed by atoms with Crippen LogP contribution in [0, 0.1) is 5.41 Å². The predicted molar refractivity (Wildman–Crippen MR) is 122 cm³/mol. The molecule has 1 aromatic carbocycles. The molecule has 1 unspecified atom stereocenters. The maximum Gasteiger partial charge on any atom is 0.404 e. The second-order valence-electron chi connectivity index (χ2n) is 9.34. The molecule has 0 spiro atoms. The molecule has 0 heterocycles. The van der Waals surface area contributed by atoms with Gasteiger partial charge in [-0.3, -0.25) is 4.79 Å². The van der Waals surface area contributed by atoms with Gasteiger partial charge in [0, 0.05) is 28.8 Å². The first-order valence-electron chi connectivity index (χ1n) is 10.7. The van der Waals surface area contributed by atoms with Gasteiger partial charge < -0.3 is 15.8 Å². The van der Waals surface area contributed by atoms with Gasteiger partial charge in [0.05, 0.1) is 0 Å². The van der Waals surface area contributed by atoms with E-state index < -0.39 is 17.6 Å². The van der Waals surface area contributed by atoms with Crippen molar-refractivity contribution in [3.05, 3.63) is 34.9 Å². The van der Waals surface area contributed by atoms with Crippen LogP contribution in [0.15, 0.2) is 24.3 Å². The Labute approximate surface area is 190 Å². The minimum atomic E-state index is -0.772. The standard InChI is InChI=1S/C23H34Cl2N2O3/c1-22(2,3)20(30-21(26)29)23(16-7-6-8-17(25)15-16)12-10-18(11-13-23)27-19(28)9-4-5-14-24/h6-8,15,18,20H,4-5,9-14H2,1-3H3,(H2,26,29)(H,27,28). The molecule has 1 atom stereocenters. The lowest BCUT2D eigenvalue weighted by atomic mass is 9.59. The van der Waals surface area contributed by atoms with E-state index in [2.05, 4.69) is 26.1 Å². The number of hydrogen-bond donors (Lipinski definition) is 2. The summed E-state index contributed by atoms with van der Waals surface area (Å²) < 4.78 is 5.73. The van der Waals surface area contributed by atoms with E-state index in [1.807, 2.05) is 24.3 Å². The number of carbonyl (C=O) groups is 2. The first-order valence-corrected chi connectivity index (χ1v) is 11.6. The van der Waals surface area contributed by atoms with E-state index in [1.165, 1.54) is 0 Å². The van der Waals surface area contributed by atoms with Crippen LogP contribution in [0.2, 0.25) is 5.02 Å². The van der Waals surface area contributed by atoms with E-state index in [9.17, 15) is 9.59 Å². The summed E-state index contributed by atoms with van der Waals surface area (Å²) >= 11 is 12.0. The van der Waals surface area contributed by atoms with Crippen LogP contribution in [0.5, 0.6) is 0 Å². The van der Waals surface area contributed by atoms with Crippen LogP contribution in [0.4, 0.5) is 4.79 Å². The lowest BCUT2D eigenvalue weighted by Crippen LogP contribution is -2.54. The Hall–Kier alpha value is -1.46. The normalized spacial score (nSPS) is 22.9. The number of unbranched alkanes of at least 4 members (excludes halogenated alkanes) is 1. The molecule has 1 aliphatic carbocycles. The smallest absolute Gasteiger partial charge is 0.404 e. The number of nitrogens with one attached hydrogen (secondary N) is 1. The first kappa shape index (κ1) is 24.8. The molecule has 5 nitrogen and oxygen atoms in total. The number of hydrogen-bond acceptors (Lipinski definition) is 3. The molecule has 168 valence electrons. The lowest BCUT2D eigenvalue weighted by molar-refractivity contribution is -0.122. The van der Waals surface area contributed by atoms with Crippen LogP contribution in [0.3, 0.4) is 0 Å². The third-order valence-corrected chi connectivity index (χ3v) is 6.45. The maximum atomic E-state index is 12.2. The zero-order valence-corrected chi connectivity index (χ0v) is 19.7. The van der Waals surface area contributed by atoms with Crippen molar-refractivity contribution in [1.29, 1.82) is 0 Å². The number of nitrogens with two attached hydrogens (primary N) is 1. The average Bonchev–Trinajstić information content (AvgIpc) is 2.66. The van der Waals surface area contributed by atoms with E-state index in [0.717, 1.165) is 44.1 Å². The predicted octanol–water partition coefficient (Wildman–Crippen LogP) is 5.56. The van der Waals surface area contributed by atoms with Gasteiger partial charge in [-0.15, -0.1) is 11.6 Å². The molecule has 3 N–H and O–H groups in total. The Morgan fingerprint density at radius 3 is 2.47 bits per heavy atom. The zero-order chi connectivity index (χ0) is 22.4. The van der Waals surface area contributed by atoms with Crippen LogP contribution >= 0.6 is 23.2 Å². The van der Waals surface area contributed by atoms with E-state index in [0.29, 0.717) is 17.3 Å². The fraction of sp³-hybridized carbons (Fsp3) is 0.652. The van der Waals surface area contributed by atoms with Crippen LogP contribution in [-0.4, -0.2) is 30.0 Å². The fourth-order valence-corrected chi connectivity index (χ4v) is 5.07. The Balaban J connectivity index is 2.25. The summed E-state index contributed by atoms with van der Waals surface area (Å²) in [6.45, 7) is 6.16. The molecule has 1 saturated carbocycles. The minimum Gasteiger partial charge on any atom is -0.445 e. The molecule has 0 bridgehead atoms. The molecule has 1 fully saturated rings. The molecule has 0 saturated heterocycles. The van der Waals surface area contributed by atoms with Crippen molar-refractivity contribution in [1.82, 2.24) is 5.32 Å². The van der Waals surface area contributed by atoms with Gasteiger partial charge in [0.25, 0.3) is 0 Å². The summed E-state index contributed by atoms with van der Waals surface area (Å²) in [4.78, 5) is 24.0. The molecular formula is C23H34Cl2N2O3. The summed E-state index contributed by atoms with van der Waals surface area (Å²) in [7, 11) is 0. The Morgan fingerprint density at radius 2 is 1.93 bits per heavy atom. The summed E-state index contributed by atoms with van der Waals surface area (Å²) in [6.07, 6.45) is 4.06. The highest BCUT2D eigenvalue weighted by Crippen LogP contribution is 2.49. The quantitative estimate of drug-likeness (QED) is 0.396. The third kappa shape index (κ3) is 6.52. The number of ether oxygens (including phenoxy) is 1. The van der Waals surface area contributed by atoms with Gasteiger partial charge in [-0.2, -0.15) is 0 Å². The highest BCUT2D eigenvalue weighted by atomic mass is 35.5. The summed E-state index contributed by atoms with van der Waals surface area (Å²) in [5, 5.41) is 3.80. The second-order valence-corrected chi connectivity index (χ2v) is 10.2.